The van der Waals surface area contributed by atoms with E-state index < -0.39 is 0 Å². The number of hydrogen-bond acceptors (Lipinski definition) is 5. The quantitative estimate of drug-likeness (QED) is 0.813. The van der Waals surface area contributed by atoms with Gasteiger partial charge in [0, 0.05) is 41.2 Å². The Morgan fingerprint density at radius 1 is 1.27 bits per heavy atom. The Kier molecular flexibility index (Phi) is 5.60. The Hall–Kier alpha value is -0.790. The maximum Gasteiger partial charge on any atom is 0.223 e. The zero-order chi connectivity index (χ0) is 15.4. The first-order chi connectivity index (χ1) is 10.7. The van der Waals surface area contributed by atoms with Gasteiger partial charge in [0.15, 0.2) is 0 Å². The molecular formula is C15H20ClN3O2S. The molecule has 0 spiro atoms. The van der Waals surface area contributed by atoms with Crippen molar-refractivity contribution in [2.75, 3.05) is 32.1 Å². The molecular weight excluding hydrogens is 322 g/mol. The van der Waals surface area contributed by atoms with Gasteiger partial charge in [-0.25, -0.2) is 0 Å². The van der Waals surface area contributed by atoms with Gasteiger partial charge in [-0.05, 0) is 24.3 Å². The van der Waals surface area contributed by atoms with Gasteiger partial charge in [-0.2, -0.15) is 0 Å². The highest BCUT2D eigenvalue weighted by atomic mass is 35.5. The van der Waals surface area contributed by atoms with Gasteiger partial charge in [0.05, 0.1) is 13.2 Å². The van der Waals surface area contributed by atoms with Crippen LogP contribution in [0.15, 0.2) is 29.2 Å². The second-order valence-electron chi connectivity index (χ2n) is 5.45. The van der Waals surface area contributed by atoms with Gasteiger partial charge >= 0.3 is 0 Å². The van der Waals surface area contributed by atoms with Crippen molar-refractivity contribution in [2.45, 2.75) is 23.6 Å². The summed E-state index contributed by atoms with van der Waals surface area (Å²) in [6, 6.07) is 7.97. The molecule has 2 heterocycles. The molecule has 5 nitrogen and oxygen atoms in total. The van der Waals surface area contributed by atoms with E-state index in [0.717, 1.165) is 37.1 Å². The standard InChI is InChI=1S/C15H20ClN3O2S/c16-11-1-3-13(4-2-11)22-10-12-9-14(20)18-15(17-12)19-5-7-21-8-6-19/h1-4,12,15,17H,5-10H2,(H,18,20). The summed E-state index contributed by atoms with van der Waals surface area (Å²) in [5.74, 6) is 0.965. The highest BCUT2D eigenvalue weighted by molar-refractivity contribution is 7.99. The first kappa shape index (κ1) is 16.1. The number of hydrogen-bond donors (Lipinski definition) is 2. The van der Waals surface area contributed by atoms with Crippen molar-refractivity contribution >= 4 is 29.3 Å². The minimum absolute atomic E-state index is 0.0824. The van der Waals surface area contributed by atoms with Crippen LogP contribution in [0.2, 0.25) is 5.02 Å². The van der Waals surface area contributed by atoms with Crippen LogP contribution in [-0.2, 0) is 9.53 Å². The lowest BCUT2D eigenvalue weighted by atomic mass is 10.2. The Morgan fingerprint density at radius 3 is 2.73 bits per heavy atom. The van der Waals surface area contributed by atoms with E-state index in [1.54, 1.807) is 11.8 Å². The van der Waals surface area contributed by atoms with Gasteiger partial charge in [-0.15, -0.1) is 11.8 Å². The number of morpholine rings is 1. The third-order valence-corrected chi connectivity index (χ3v) is 5.23. The van der Waals surface area contributed by atoms with Gasteiger partial charge in [-0.1, -0.05) is 11.6 Å². The van der Waals surface area contributed by atoms with Crippen molar-refractivity contribution in [3.63, 3.8) is 0 Å². The Morgan fingerprint density at radius 2 is 2.00 bits per heavy atom. The average Bonchev–Trinajstić information content (AvgIpc) is 2.55. The molecule has 2 N–H and O–H groups in total. The lowest BCUT2D eigenvalue weighted by Gasteiger charge is -2.40. The molecule has 0 saturated carbocycles. The van der Waals surface area contributed by atoms with E-state index in [-0.39, 0.29) is 18.2 Å². The van der Waals surface area contributed by atoms with Crippen molar-refractivity contribution in [1.29, 1.82) is 0 Å². The van der Waals surface area contributed by atoms with Gasteiger partial charge < -0.3 is 10.1 Å². The Bertz CT molecular complexity index is 508. The van der Waals surface area contributed by atoms with Crippen LogP contribution >= 0.6 is 23.4 Å². The zero-order valence-electron chi connectivity index (χ0n) is 12.3. The van der Waals surface area contributed by atoms with E-state index in [1.807, 2.05) is 24.3 Å². The molecule has 1 aromatic carbocycles. The van der Waals surface area contributed by atoms with Crippen LogP contribution in [0.1, 0.15) is 6.42 Å². The van der Waals surface area contributed by atoms with Crippen LogP contribution in [0.5, 0.6) is 0 Å². The third kappa shape index (κ3) is 4.36. The maximum atomic E-state index is 11.9. The molecule has 120 valence electrons. The first-order valence-electron chi connectivity index (χ1n) is 7.46. The summed E-state index contributed by atoms with van der Waals surface area (Å²) in [7, 11) is 0. The predicted molar refractivity (Wildman–Crippen MR) is 88.0 cm³/mol. The summed E-state index contributed by atoms with van der Waals surface area (Å²) in [5, 5.41) is 7.28. The van der Waals surface area contributed by atoms with Crippen LogP contribution in [0.4, 0.5) is 0 Å². The van der Waals surface area contributed by atoms with Crippen molar-refractivity contribution in [3.8, 4) is 0 Å². The largest absolute Gasteiger partial charge is 0.379 e. The molecule has 0 radical (unpaired) electrons. The number of carbonyl (C=O) groups is 1. The first-order valence-corrected chi connectivity index (χ1v) is 8.82. The fourth-order valence-corrected chi connectivity index (χ4v) is 3.69. The SMILES string of the molecule is O=C1CC(CSc2ccc(Cl)cc2)NC(N2CCOCC2)N1. The van der Waals surface area contributed by atoms with Gasteiger partial charge in [-0.3, -0.25) is 15.0 Å². The number of amides is 1. The van der Waals surface area contributed by atoms with Gasteiger partial charge in [0.2, 0.25) is 5.91 Å². The molecule has 2 atom stereocenters. The molecule has 0 bridgehead atoms. The predicted octanol–water partition coefficient (Wildman–Crippen LogP) is 1.53. The maximum absolute atomic E-state index is 11.9. The smallest absolute Gasteiger partial charge is 0.223 e. The van der Waals surface area contributed by atoms with Crippen LogP contribution in [0.3, 0.4) is 0 Å². The van der Waals surface area contributed by atoms with Crippen molar-refractivity contribution < 1.29 is 9.53 Å². The number of thioether (sulfide) groups is 1. The number of nitrogens with one attached hydrogen (secondary N) is 2. The highest BCUT2D eigenvalue weighted by Crippen LogP contribution is 2.22. The lowest BCUT2D eigenvalue weighted by molar-refractivity contribution is -0.127. The summed E-state index contributed by atoms with van der Waals surface area (Å²) < 4.78 is 5.36. The molecule has 7 heteroatoms. The minimum Gasteiger partial charge on any atom is -0.379 e. The topological polar surface area (TPSA) is 53.6 Å². The second kappa shape index (κ2) is 7.66. The molecule has 3 rings (SSSR count). The van der Waals surface area contributed by atoms with Crippen LogP contribution in [-0.4, -0.2) is 55.2 Å². The molecule has 2 aliphatic heterocycles. The van der Waals surface area contributed by atoms with E-state index in [9.17, 15) is 4.79 Å². The van der Waals surface area contributed by atoms with E-state index in [2.05, 4.69) is 15.5 Å². The normalized spacial score (nSPS) is 26.7. The molecule has 1 amide bonds. The molecule has 22 heavy (non-hydrogen) atoms. The molecule has 2 aliphatic rings. The van der Waals surface area contributed by atoms with Gasteiger partial charge in [0.25, 0.3) is 0 Å². The zero-order valence-corrected chi connectivity index (χ0v) is 13.8. The lowest BCUT2D eigenvalue weighted by Crippen LogP contribution is -2.65. The molecule has 0 aromatic heterocycles. The molecule has 2 unspecified atom stereocenters. The fraction of sp³-hybridized carbons (Fsp3) is 0.533. The fourth-order valence-electron chi connectivity index (χ4n) is 2.63. The van der Waals surface area contributed by atoms with Crippen molar-refractivity contribution in [3.05, 3.63) is 29.3 Å². The molecule has 0 aliphatic carbocycles. The minimum atomic E-state index is -0.0824. The second-order valence-corrected chi connectivity index (χ2v) is 6.98. The van der Waals surface area contributed by atoms with E-state index in [0.29, 0.717) is 6.42 Å². The summed E-state index contributed by atoms with van der Waals surface area (Å²) >= 11 is 7.64. The van der Waals surface area contributed by atoms with E-state index in [1.165, 1.54) is 4.90 Å². The number of carbonyl (C=O) groups excluding carboxylic acids is 1. The third-order valence-electron chi connectivity index (χ3n) is 3.80. The van der Waals surface area contributed by atoms with Gasteiger partial charge in [0.1, 0.15) is 6.29 Å². The number of halogens is 1. The summed E-state index contributed by atoms with van der Waals surface area (Å²) in [5.41, 5.74) is 0. The van der Waals surface area contributed by atoms with Crippen LogP contribution < -0.4 is 10.6 Å². The van der Waals surface area contributed by atoms with E-state index in [4.69, 9.17) is 16.3 Å². The summed E-state index contributed by atoms with van der Waals surface area (Å²) in [6.45, 7) is 3.13. The number of rotatable bonds is 4. The Labute approximate surface area is 139 Å². The monoisotopic (exact) mass is 341 g/mol. The number of nitrogens with zero attached hydrogens (tertiary/aromatic N) is 1. The van der Waals surface area contributed by atoms with Crippen molar-refractivity contribution in [2.24, 2.45) is 0 Å². The number of benzene rings is 1. The summed E-state index contributed by atoms with van der Waals surface area (Å²) in [6.07, 6.45) is 0.433. The van der Waals surface area contributed by atoms with E-state index >= 15 is 0 Å². The van der Waals surface area contributed by atoms with Crippen LogP contribution in [0.25, 0.3) is 0 Å². The molecule has 2 fully saturated rings. The summed E-state index contributed by atoms with van der Waals surface area (Å²) in [4.78, 5) is 15.3. The van der Waals surface area contributed by atoms with Crippen molar-refractivity contribution in [1.82, 2.24) is 15.5 Å². The molecule has 2 saturated heterocycles. The molecule has 1 aromatic rings. The van der Waals surface area contributed by atoms with Crippen LogP contribution in [0, 0.1) is 0 Å². The average molecular weight is 342 g/mol. The number of ether oxygens (including phenoxy) is 1. The Balaban J connectivity index is 1.54. The highest BCUT2D eigenvalue weighted by Gasteiger charge is 2.30.